The number of hydrogen-bond donors (Lipinski definition) is 0. The molecule has 0 aromatic carbocycles. The van der Waals surface area contributed by atoms with Crippen molar-refractivity contribution < 1.29 is 0 Å². The number of hydrogen-bond acceptors (Lipinski definition) is 3. The molecule has 0 amide bonds. The molecule has 4 heteroatoms. The molecule has 0 saturated carbocycles. The van der Waals surface area contributed by atoms with Gasteiger partial charge in [0.05, 0.1) is 0 Å². The average molecular weight is 303 g/mol. The molecule has 16 heavy (non-hydrogen) atoms. The maximum atomic E-state index is 4.49. The SMILES string of the molecule is Cc1nc(SCCCCCBr)nc(C)c1C. The number of rotatable bonds is 6. The van der Waals surface area contributed by atoms with Crippen LogP contribution >= 0.6 is 27.7 Å². The van der Waals surface area contributed by atoms with E-state index in [0.717, 1.165) is 27.6 Å². The molecule has 0 unspecified atom stereocenters. The lowest BCUT2D eigenvalue weighted by molar-refractivity contribution is 0.785. The van der Waals surface area contributed by atoms with Crippen molar-refractivity contribution in [2.75, 3.05) is 11.1 Å². The summed E-state index contributed by atoms with van der Waals surface area (Å²) in [7, 11) is 0. The maximum Gasteiger partial charge on any atom is 0.187 e. The summed E-state index contributed by atoms with van der Waals surface area (Å²) in [6.07, 6.45) is 3.78. The lowest BCUT2D eigenvalue weighted by Crippen LogP contribution is -1.98. The van der Waals surface area contributed by atoms with E-state index in [9.17, 15) is 0 Å². The van der Waals surface area contributed by atoms with Crippen LogP contribution in [0.4, 0.5) is 0 Å². The van der Waals surface area contributed by atoms with Gasteiger partial charge in [0.2, 0.25) is 0 Å². The van der Waals surface area contributed by atoms with Gasteiger partial charge in [-0.1, -0.05) is 34.1 Å². The van der Waals surface area contributed by atoms with Crippen LogP contribution in [0.5, 0.6) is 0 Å². The minimum atomic E-state index is 0.930. The highest BCUT2D eigenvalue weighted by Crippen LogP contribution is 2.18. The van der Waals surface area contributed by atoms with Gasteiger partial charge in [-0.05, 0) is 39.2 Å². The molecule has 1 aromatic rings. The molecule has 0 bridgehead atoms. The van der Waals surface area contributed by atoms with Crippen molar-refractivity contribution in [1.29, 1.82) is 0 Å². The van der Waals surface area contributed by atoms with E-state index in [-0.39, 0.29) is 0 Å². The zero-order valence-electron chi connectivity index (χ0n) is 10.2. The van der Waals surface area contributed by atoms with Crippen LogP contribution in [0.3, 0.4) is 0 Å². The first-order valence-electron chi connectivity index (χ1n) is 5.65. The second-order valence-electron chi connectivity index (χ2n) is 3.90. The average Bonchev–Trinajstić information content (AvgIpc) is 2.25. The molecule has 0 saturated heterocycles. The molecule has 0 atom stereocenters. The Bertz CT molecular complexity index is 319. The van der Waals surface area contributed by atoms with Crippen LogP contribution in [0.15, 0.2) is 5.16 Å². The van der Waals surface area contributed by atoms with Crippen LogP contribution < -0.4 is 0 Å². The smallest absolute Gasteiger partial charge is 0.187 e. The van der Waals surface area contributed by atoms with Crippen molar-refractivity contribution in [3.8, 4) is 0 Å². The Kier molecular flexibility index (Phi) is 6.36. The molecular formula is C12H19BrN2S. The first-order chi connectivity index (χ1) is 7.65. The Labute approximate surface area is 111 Å². The van der Waals surface area contributed by atoms with Gasteiger partial charge in [0.15, 0.2) is 5.16 Å². The van der Waals surface area contributed by atoms with Gasteiger partial charge in [-0.25, -0.2) is 9.97 Å². The van der Waals surface area contributed by atoms with Crippen LogP contribution in [-0.4, -0.2) is 21.1 Å². The van der Waals surface area contributed by atoms with Crippen molar-refractivity contribution in [1.82, 2.24) is 9.97 Å². The highest BCUT2D eigenvalue weighted by Gasteiger charge is 2.04. The lowest BCUT2D eigenvalue weighted by atomic mass is 10.2. The number of thioether (sulfide) groups is 1. The molecule has 0 fully saturated rings. The molecule has 90 valence electrons. The minimum absolute atomic E-state index is 0.930. The molecule has 0 aliphatic rings. The molecule has 0 radical (unpaired) electrons. The van der Waals surface area contributed by atoms with Gasteiger partial charge in [-0.15, -0.1) is 0 Å². The fraction of sp³-hybridized carbons (Fsp3) is 0.667. The van der Waals surface area contributed by atoms with E-state index in [4.69, 9.17) is 0 Å². The standard InChI is InChI=1S/C12H19BrN2S/c1-9-10(2)14-12(15-11(9)3)16-8-6-4-5-7-13/h4-8H2,1-3H3. The number of halogens is 1. The minimum Gasteiger partial charge on any atom is -0.228 e. The molecule has 1 aromatic heterocycles. The maximum absolute atomic E-state index is 4.49. The quantitative estimate of drug-likeness (QED) is 0.343. The van der Waals surface area contributed by atoms with Gasteiger partial charge in [-0.2, -0.15) is 0 Å². The molecule has 0 spiro atoms. The van der Waals surface area contributed by atoms with Crippen LogP contribution in [0.25, 0.3) is 0 Å². The van der Waals surface area contributed by atoms with Gasteiger partial charge in [0, 0.05) is 22.5 Å². The Morgan fingerprint density at radius 3 is 2.19 bits per heavy atom. The fourth-order valence-electron chi connectivity index (χ4n) is 1.34. The van der Waals surface area contributed by atoms with Crippen LogP contribution in [-0.2, 0) is 0 Å². The van der Waals surface area contributed by atoms with Gasteiger partial charge in [0.25, 0.3) is 0 Å². The van der Waals surface area contributed by atoms with E-state index in [1.807, 2.05) is 0 Å². The van der Waals surface area contributed by atoms with Crippen LogP contribution in [0.1, 0.15) is 36.2 Å². The lowest BCUT2D eigenvalue weighted by Gasteiger charge is -2.06. The summed E-state index contributed by atoms with van der Waals surface area (Å²) in [5.74, 6) is 1.12. The zero-order valence-corrected chi connectivity index (χ0v) is 12.6. The van der Waals surface area contributed by atoms with E-state index < -0.39 is 0 Å². The Morgan fingerprint density at radius 1 is 1.00 bits per heavy atom. The third-order valence-electron chi connectivity index (χ3n) is 2.62. The molecule has 0 aliphatic carbocycles. The monoisotopic (exact) mass is 302 g/mol. The van der Waals surface area contributed by atoms with Crippen molar-refractivity contribution in [2.24, 2.45) is 0 Å². The molecule has 1 rings (SSSR count). The first kappa shape index (κ1) is 14.0. The van der Waals surface area contributed by atoms with E-state index in [1.54, 1.807) is 11.8 Å². The summed E-state index contributed by atoms with van der Waals surface area (Å²) >= 11 is 5.21. The van der Waals surface area contributed by atoms with Gasteiger partial charge in [-0.3, -0.25) is 0 Å². The molecule has 0 aliphatic heterocycles. The fourth-order valence-corrected chi connectivity index (χ4v) is 2.67. The molecule has 0 N–H and O–H groups in total. The summed E-state index contributed by atoms with van der Waals surface area (Å²) in [6, 6.07) is 0. The van der Waals surface area contributed by atoms with E-state index in [2.05, 4.69) is 46.7 Å². The number of nitrogens with zero attached hydrogens (tertiary/aromatic N) is 2. The molecule has 1 heterocycles. The van der Waals surface area contributed by atoms with Gasteiger partial charge >= 0.3 is 0 Å². The van der Waals surface area contributed by atoms with Crippen molar-refractivity contribution >= 4 is 27.7 Å². The van der Waals surface area contributed by atoms with E-state index in [1.165, 1.54) is 24.8 Å². The normalized spacial score (nSPS) is 10.8. The Balaban J connectivity index is 2.43. The summed E-state index contributed by atoms with van der Waals surface area (Å²) in [5.41, 5.74) is 3.43. The van der Waals surface area contributed by atoms with E-state index >= 15 is 0 Å². The van der Waals surface area contributed by atoms with Gasteiger partial charge < -0.3 is 0 Å². The second kappa shape index (κ2) is 7.28. The molecular weight excluding hydrogens is 284 g/mol. The number of aryl methyl sites for hydroxylation is 2. The predicted molar refractivity (Wildman–Crippen MR) is 74.6 cm³/mol. The number of aromatic nitrogens is 2. The first-order valence-corrected chi connectivity index (χ1v) is 7.76. The summed E-state index contributed by atoms with van der Waals surface area (Å²) in [5, 5.41) is 2.04. The predicted octanol–water partition coefficient (Wildman–Crippen LogP) is 4.06. The zero-order chi connectivity index (χ0) is 12.0. The third kappa shape index (κ3) is 4.42. The van der Waals surface area contributed by atoms with Crippen LogP contribution in [0.2, 0.25) is 0 Å². The summed E-state index contributed by atoms with van der Waals surface area (Å²) in [6.45, 7) is 6.19. The summed E-state index contributed by atoms with van der Waals surface area (Å²) in [4.78, 5) is 8.99. The molecule has 2 nitrogen and oxygen atoms in total. The highest BCUT2D eigenvalue weighted by molar-refractivity contribution is 9.09. The van der Waals surface area contributed by atoms with Crippen molar-refractivity contribution in [3.63, 3.8) is 0 Å². The van der Waals surface area contributed by atoms with Crippen molar-refractivity contribution in [2.45, 2.75) is 45.2 Å². The van der Waals surface area contributed by atoms with Crippen molar-refractivity contribution in [3.05, 3.63) is 17.0 Å². The van der Waals surface area contributed by atoms with Crippen LogP contribution in [0, 0.1) is 20.8 Å². The third-order valence-corrected chi connectivity index (χ3v) is 4.12. The Morgan fingerprint density at radius 2 is 1.62 bits per heavy atom. The summed E-state index contributed by atoms with van der Waals surface area (Å²) < 4.78 is 0. The van der Waals surface area contributed by atoms with E-state index in [0.29, 0.717) is 0 Å². The number of alkyl halides is 1. The number of unbranched alkanes of at least 4 members (excludes halogenated alkanes) is 2. The topological polar surface area (TPSA) is 25.8 Å². The highest BCUT2D eigenvalue weighted by atomic mass is 79.9. The second-order valence-corrected chi connectivity index (χ2v) is 5.76. The van der Waals surface area contributed by atoms with Gasteiger partial charge in [0.1, 0.15) is 0 Å². The largest absolute Gasteiger partial charge is 0.228 e. The Hall–Kier alpha value is -0.0900.